The molecule has 0 aromatic heterocycles. The van der Waals surface area contributed by atoms with Crippen molar-refractivity contribution in [3.8, 4) is 5.75 Å². The second kappa shape index (κ2) is 8.07. The van der Waals surface area contributed by atoms with Crippen LogP contribution in [0.4, 0.5) is 8.78 Å². The average molecular weight is 273 g/mol. The predicted molar refractivity (Wildman–Crippen MR) is 70.2 cm³/mol. The van der Waals surface area contributed by atoms with E-state index in [-0.39, 0.29) is 11.9 Å². The molecule has 0 bridgehead atoms. The van der Waals surface area contributed by atoms with Gasteiger partial charge in [0, 0.05) is 13.1 Å². The molecule has 1 rings (SSSR count). The van der Waals surface area contributed by atoms with E-state index < -0.39 is 6.61 Å². The molecular formula is C14H21F2NO2. The first-order valence-corrected chi connectivity index (χ1v) is 6.40. The van der Waals surface area contributed by atoms with Gasteiger partial charge in [0.2, 0.25) is 0 Å². The fourth-order valence-corrected chi connectivity index (χ4v) is 1.80. The summed E-state index contributed by atoms with van der Waals surface area (Å²) in [4.78, 5) is 0. The smallest absolute Gasteiger partial charge is 0.387 e. The van der Waals surface area contributed by atoms with Gasteiger partial charge in [-0.25, -0.2) is 0 Å². The molecule has 0 radical (unpaired) electrons. The van der Waals surface area contributed by atoms with Crippen LogP contribution in [0.15, 0.2) is 24.3 Å². The Balaban J connectivity index is 2.30. The van der Waals surface area contributed by atoms with Gasteiger partial charge in [-0.1, -0.05) is 26.0 Å². The molecule has 0 heterocycles. The first-order valence-electron chi connectivity index (χ1n) is 6.40. The number of benzene rings is 1. The number of rotatable bonds is 8. The van der Waals surface area contributed by atoms with E-state index >= 15 is 0 Å². The van der Waals surface area contributed by atoms with Crippen molar-refractivity contribution in [1.29, 1.82) is 0 Å². The van der Waals surface area contributed by atoms with Crippen LogP contribution in [0.2, 0.25) is 0 Å². The zero-order valence-corrected chi connectivity index (χ0v) is 11.3. The third-order valence-electron chi connectivity index (χ3n) is 2.60. The van der Waals surface area contributed by atoms with Crippen LogP contribution in [0.1, 0.15) is 25.8 Å². The number of hydrogen-bond acceptors (Lipinski definition) is 3. The van der Waals surface area contributed by atoms with Crippen LogP contribution in [0.5, 0.6) is 5.75 Å². The fraction of sp³-hybridized carbons (Fsp3) is 0.571. The van der Waals surface area contributed by atoms with Gasteiger partial charge in [0.05, 0.1) is 6.10 Å². The number of aliphatic hydroxyl groups excluding tert-OH is 1. The molecule has 0 saturated carbocycles. The van der Waals surface area contributed by atoms with E-state index in [0.717, 1.165) is 12.0 Å². The van der Waals surface area contributed by atoms with Crippen LogP contribution >= 0.6 is 0 Å². The topological polar surface area (TPSA) is 41.5 Å². The maximum absolute atomic E-state index is 12.0. The fourth-order valence-electron chi connectivity index (χ4n) is 1.80. The molecule has 1 unspecified atom stereocenters. The Kier molecular flexibility index (Phi) is 6.73. The molecule has 0 aliphatic heterocycles. The molecule has 2 N–H and O–H groups in total. The summed E-state index contributed by atoms with van der Waals surface area (Å²) in [5, 5.41) is 12.8. The van der Waals surface area contributed by atoms with Crippen molar-refractivity contribution in [3.05, 3.63) is 29.8 Å². The number of halogens is 2. The highest BCUT2D eigenvalue weighted by Crippen LogP contribution is 2.14. The van der Waals surface area contributed by atoms with E-state index in [2.05, 4.69) is 23.9 Å². The Labute approximate surface area is 112 Å². The molecule has 0 aliphatic rings. The molecule has 0 saturated heterocycles. The monoisotopic (exact) mass is 273 g/mol. The second-order valence-electron chi connectivity index (χ2n) is 4.94. The van der Waals surface area contributed by atoms with Crippen molar-refractivity contribution >= 4 is 0 Å². The molecule has 3 nitrogen and oxygen atoms in total. The minimum Gasteiger partial charge on any atom is -0.435 e. The molecule has 108 valence electrons. The summed E-state index contributed by atoms with van der Waals surface area (Å²) in [6.45, 7) is 2.43. The van der Waals surface area contributed by atoms with Crippen molar-refractivity contribution < 1.29 is 18.6 Å². The molecule has 19 heavy (non-hydrogen) atoms. The number of hydrogen-bond donors (Lipinski definition) is 2. The maximum Gasteiger partial charge on any atom is 0.387 e. The third kappa shape index (κ3) is 7.08. The molecular weight excluding hydrogens is 252 g/mol. The SMILES string of the molecule is CC(C)CC(O)CNCc1ccc(OC(F)F)cc1. The summed E-state index contributed by atoms with van der Waals surface area (Å²) in [6.07, 6.45) is 0.398. The van der Waals surface area contributed by atoms with Gasteiger partial charge in [-0.3, -0.25) is 0 Å². The lowest BCUT2D eigenvalue weighted by atomic mass is 10.1. The standard InChI is InChI=1S/C14H21F2NO2/c1-10(2)7-12(18)9-17-8-11-3-5-13(6-4-11)19-14(15)16/h3-6,10,12,14,17-18H,7-9H2,1-2H3. The van der Waals surface area contributed by atoms with Crippen LogP contribution in [-0.2, 0) is 6.54 Å². The van der Waals surface area contributed by atoms with Gasteiger partial charge in [0.1, 0.15) is 5.75 Å². The molecule has 0 fully saturated rings. The van der Waals surface area contributed by atoms with Gasteiger partial charge < -0.3 is 15.2 Å². The Morgan fingerprint density at radius 2 is 1.84 bits per heavy atom. The third-order valence-corrected chi connectivity index (χ3v) is 2.60. The zero-order valence-electron chi connectivity index (χ0n) is 11.3. The Morgan fingerprint density at radius 3 is 2.37 bits per heavy atom. The number of ether oxygens (including phenoxy) is 1. The summed E-state index contributed by atoms with van der Waals surface area (Å²) >= 11 is 0. The van der Waals surface area contributed by atoms with E-state index in [0.29, 0.717) is 19.0 Å². The molecule has 0 spiro atoms. The van der Waals surface area contributed by atoms with Crippen LogP contribution in [0.3, 0.4) is 0 Å². The van der Waals surface area contributed by atoms with Crippen LogP contribution in [-0.4, -0.2) is 24.4 Å². The van der Waals surface area contributed by atoms with Crippen molar-refractivity contribution in [2.24, 2.45) is 5.92 Å². The summed E-state index contributed by atoms with van der Waals surface area (Å²) in [7, 11) is 0. The summed E-state index contributed by atoms with van der Waals surface area (Å²) in [5.41, 5.74) is 0.957. The summed E-state index contributed by atoms with van der Waals surface area (Å²) in [5.74, 6) is 0.612. The average Bonchev–Trinajstić information content (AvgIpc) is 2.29. The van der Waals surface area contributed by atoms with E-state index in [9.17, 15) is 13.9 Å². The van der Waals surface area contributed by atoms with E-state index in [1.165, 1.54) is 12.1 Å². The van der Waals surface area contributed by atoms with Crippen molar-refractivity contribution in [1.82, 2.24) is 5.32 Å². The van der Waals surface area contributed by atoms with Gasteiger partial charge in [0.25, 0.3) is 0 Å². The van der Waals surface area contributed by atoms with Crippen molar-refractivity contribution in [3.63, 3.8) is 0 Å². The first kappa shape index (κ1) is 15.9. The van der Waals surface area contributed by atoms with E-state index in [4.69, 9.17) is 0 Å². The van der Waals surface area contributed by atoms with Crippen molar-refractivity contribution in [2.45, 2.75) is 39.5 Å². The Morgan fingerprint density at radius 1 is 1.21 bits per heavy atom. The van der Waals surface area contributed by atoms with Crippen LogP contribution in [0, 0.1) is 5.92 Å². The number of alkyl halides is 2. The molecule has 1 atom stereocenters. The minimum atomic E-state index is -2.80. The maximum atomic E-state index is 12.0. The lowest BCUT2D eigenvalue weighted by Gasteiger charge is -2.14. The Hall–Kier alpha value is -1.20. The second-order valence-corrected chi connectivity index (χ2v) is 4.94. The van der Waals surface area contributed by atoms with Gasteiger partial charge >= 0.3 is 6.61 Å². The largest absolute Gasteiger partial charge is 0.435 e. The molecule has 1 aromatic rings. The van der Waals surface area contributed by atoms with E-state index in [1.54, 1.807) is 12.1 Å². The normalized spacial score (nSPS) is 13.0. The first-order chi connectivity index (χ1) is 8.97. The lowest BCUT2D eigenvalue weighted by Crippen LogP contribution is -2.27. The highest BCUT2D eigenvalue weighted by molar-refractivity contribution is 5.27. The van der Waals surface area contributed by atoms with Gasteiger partial charge in [-0.2, -0.15) is 8.78 Å². The highest BCUT2D eigenvalue weighted by Gasteiger charge is 2.06. The highest BCUT2D eigenvalue weighted by atomic mass is 19.3. The predicted octanol–water partition coefficient (Wildman–Crippen LogP) is 2.78. The Bertz CT molecular complexity index is 355. The van der Waals surface area contributed by atoms with Gasteiger partial charge in [-0.15, -0.1) is 0 Å². The lowest BCUT2D eigenvalue weighted by molar-refractivity contribution is -0.0498. The molecule has 0 amide bonds. The number of nitrogens with one attached hydrogen (secondary N) is 1. The van der Waals surface area contributed by atoms with Gasteiger partial charge in [0.15, 0.2) is 0 Å². The molecule has 1 aromatic carbocycles. The number of aliphatic hydroxyl groups is 1. The minimum absolute atomic E-state index is 0.151. The molecule has 5 heteroatoms. The molecule has 0 aliphatic carbocycles. The quantitative estimate of drug-likeness (QED) is 0.765. The zero-order chi connectivity index (χ0) is 14.3. The van der Waals surface area contributed by atoms with Crippen LogP contribution in [0.25, 0.3) is 0 Å². The summed E-state index contributed by atoms with van der Waals surface area (Å²) in [6, 6.07) is 6.46. The van der Waals surface area contributed by atoms with Gasteiger partial charge in [-0.05, 0) is 30.0 Å². The van der Waals surface area contributed by atoms with E-state index in [1.807, 2.05) is 0 Å². The summed E-state index contributed by atoms with van der Waals surface area (Å²) < 4.78 is 28.2. The van der Waals surface area contributed by atoms with Crippen molar-refractivity contribution in [2.75, 3.05) is 6.54 Å². The van der Waals surface area contributed by atoms with Crippen LogP contribution < -0.4 is 10.1 Å².